The number of rotatable bonds is 2. The number of anilines is 1. The first kappa shape index (κ1) is 13.1. The molecule has 0 aliphatic rings. The zero-order valence-electron chi connectivity index (χ0n) is 10.2. The van der Waals surface area contributed by atoms with E-state index in [0.717, 1.165) is 15.6 Å². The molecule has 4 nitrogen and oxygen atoms in total. The fourth-order valence-electron chi connectivity index (χ4n) is 1.79. The predicted octanol–water partition coefficient (Wildman–Crippen LogP) is 4.40. The molecule has 0 amide bonds. The third kappa shape index (κ3) is 2.55. The van der Waals surface area contributed by atoms with Gasteiger partial charge in [0, 0.05) is 20.7 Å². The molecule has 0 aliphatic carbocycles. The van der Waals surface area contributed by atoms with Crippen LogP contribution < -0.4 is 5.73 Å². The highest BCUT2D eigenvalue weighted by Crippen LogP contribution is 2.31. The van der Waals surface area contributed by atoms with E-state index in [-0.39, 0.29) is 0 Å². The third-order valence-electron chi connectivity index (χ3n) is 2.73. The molecular formula is C14H9BrClN3O. The average molecular weight is 351 g/mol. The van der Waals surface area contributed by atoms with Crippen LogP contribution in [0.25, 0.3) is 22.8 Å². The maximum atomic E-state index is 5.91. The molecule has 100 valence electrons. The Morgan fingerprint density at radius 3 is 2.75 bits per heavy atom. The summed E-state index contributed by atoms with van der Waals surface area (Å²) in [4.78, 5) is 4.38. The molecule has 0 aliphatic heterocycles. The minimum atomic E-state index is 0.422. The van der Waals surface area contributed by atoms with Gasteiger partial charge in [-0.25, -0.2) is 0 Å². The first-order chi connectivity index (χ1) is 9.63. The Labute approximate surface area is 128 Å². The van der Waals surface area contributed by atoms with Gasteiger partial charge < -0.3 is 10.3 Å². The number of halogens is 2. The maximum absolute atomic E-state index is 5.91. The van der Waals surface area contributed by atoms with E-state index in [1.807, 2.05) is 18.2 Å². The van der Waals surface area contributed by atoms with E-state index in [2.05, 4.69) is 26.1 Å². The molecule has 0 spiro atoms. The van der Waals surface area contributed by atoms with E-state index in [9.17, 15) is 0 Å². The smallest absolute Gasteiger partial charge is 0.259 e. The molecule has 2 aromatic carbocycles. The van der Waals surface area contributed by atoms with Crippen LogP contribution in [0.15, 0.2) is 51.5 Å². The fraction of sp³-hybridized carbons (Fsp3) is 0. The van der Waals surface area contributed by atoms with Gasteiger partial charge in [-0.05, 0) is 46.3 Å². The van der Waals surface area contributed by atoms with Crippen LogP contribution in [0, 0.1) is 0 Å². The number of benzene rings is 2. The Morgan fingerprint density at radius 2 is 2.00 bits per heavy atom. The zero-order chi connectivity index (χ0) is 14.1. The molecule has 2 N–H and O–H groups in total. The fourth-order valence-corrected chi connectivity index (χ4v) is 2.64. The first-order valence-electron chi connectivity index (χ1n) is 5.78. The Hall–Kier alpha value is -1.85. The van der Waals surface area contributed by atoms with Crippen molar-refractivity contribution in [1.29, 1.82) is 0 Å². The minimum Gasteiger partial charge on any atom is -0.399 e. The molecule has 1 heterocycles. The Balaban J connectivity index is 2.02. The summed E-state index contributed by atoms with van der Waals surface area (Å²) in [5.74, 6) is 0.917. The Kier molecular flexibility index (Phi) is 3.46. The van der Waals surface area contributed by atoms with Crippen molar-refractivity contribution in [1.82, 2.24) is 10.1 Å². The Morgan fingerprint density at radius 1 is 1.15 bits per heavy atom. The van der Waals surface area contributed by atoms with Gasteiger partial charge in [0.15, 0.2) is 0 Å². The van der Waals surface area contributed by atoms with Crippen molar-refractivity contribution >= 4 is 33.2 Å². The van der Waals surface area contributed by atoms with E-state index in [1.165, 1.54) is 0 Å². The Bertz CT molecular complexity index is 773. The van der Waals surface area contributed by atoms with E-state index in [0.29, 0.717) is 22.4 Å². The molecule has 6 heteroatoms. The van der Waals surface area contributed by atoms with Crippen molar-refractivity contribution in [3.8, 4) is 22.8 Å². The number of nitrogens with two attached hydrogens (primary N) is 1. The highest BCUT2D eigenvalue weighted by molar-refractivity contribution is 9.10. The van der Waals surface area contributed by atoms with E-state index in [4.69, 9.17) is 21.9 Å². The summed E-state index contributed by atoms with van der Waals surface area (Å²) in [6.07, 6.45) is 0. The second kappa shape index (κ2) is 5.26. The summed E-state index contributed by atoms with van der Waals surface area (Å²) >= 11 is 9.34. The van der Waals surface area contributed by atoms with Crippen LogP contribution in [0.5, 0.6) is 0 Å². The molecule has 0 atom stereocenters. The quantitative estimate of drug-likeness (QED) is 0.696. The van der Waals surface area contributed by atoms with Gasteiger partial charge in [-0.1, -0.05) is 28.9 Å². The summed E-state index contributed by atoms with van der Waals surface area (Å²) in [6.45, 7) is 0. The second-order valence-corrected chi connectivity index (χ2v) is 5.46. The van der Waals surface area contributed by atoms with Crippen molar-refractivity contribution in [2.75, 3.05) is 5.73 Å². The van der Waals surface area contributed by atoms with Crippen LogP contribution in [-0.4, -0.2) is 10.1 Å². The van der Waals surface area contributed by atoms with Gasteiger partial charge in [0.05, 0.1) is 5.56 Å². The molecule has 0 bridgehead atoms. The van der Waals surface area contributed by atoms with Crippen molar-refractivity contribution in [3.63, 3.8) is 0 Å². The van der Waals surface area contributed by atoms with Crippen LogP contribution in [0.1, 0.15) is 0 Å². The summed E-state index contributed by atoms with van der Waals surface area (Å²) in [6, 6.07) is 12.7. The average Bonchev–Trinajstić information content (AvgIpc) is 2.88. The molecule has 0 saturated heterocycles. The van der Waals surface area contributed by atoms with Gasteiger partial charge in [0.1, 0.15) is 0 Å². The van der Waals surface area contributed by atoms with Crippen LogP contribution in [0.3, 0.4) is 0 Å². The van der Waals surface area contributed by atoms with Crippen LogP contribution in [-0.2, 0) is 0 Å². The zero-order valence-corrected chi connectivity index (χ0v) is 12.5. The first-order valence-corrected chi connectivity index (χ1v) is 6.95. The number of hydrogen-bond acceptors (Lipinski definition) is 4. The maximum Gasteiger partial charge on any atom is 0.259 e. The SMILES string of the molecule is Nc1cccc(-c2noc(-c3ccc(Cl)cc3Br)n2)c1. The van der Waals surface area contributed by atoms with Gasteiger partial charge >= 0.3 is 0 Å². The lowest BCUT2D eigenvalue weighted by Gasteiger charge is -1.98. The van der Waals surface area contributed by atoms with Crippen molar-refractivity contribution in [2.24, 2.45) is 0 Å². The van der Waals surface area contributed by atoms with E-state index in [1.54, 1.807) is 24.3 Å². The van der Waals surface area contributed by atoms with E-state index < -0.39 is 0 Å². The van der Waals surface area contributed by atoms with Gasteiger partial charge in [-0.2, -0.15) is 4.98 Å². The highest BCUT2D eigenvalue weighted by Gasteiger charge is 2.13. The van der Waals surface area contributed by atoms with Crippen LogP contribution in [0.2, 0.25) is 5.02 Å². The number of hydrogen-bond donors (Lipinski definition) is 1. The minimum absolute atomic E-state index is 0.422. The highest BCUT2D eigenvalue weighted by atomic mass is 79.9. The predicted molar refractivity (Wildman–Crippen MR) is 82.3 cm³/mol. The summed E-state index contributed by atoms with van der Waals surface area (Å²) in [7, 11) is 0. The van der Waals surface area contributed by atoms with Gasteiger partial charge in [0.2, 0.25) is 5.82 Å². The topological polar surface area (TPSA) is 64.9 Å². The summed E-state index contributed by atoms with van der Waals surface area (Å²) < 4.78 is 6.09. The molecule has 1 aromatic heterocycles. The molecule has 0 saturated carbocycles. The number of nitrogen functional groups attached to an aromatic ring is 1. The van der Waals surface area contributed by atoms with Crippen LogP contribution in [0.4, 0.5) is 5.69 Å². The molecule has 20 heavy (non-hydrogen) atoms. The standard InChI is InChI=1S/C14H9BrClN3O/c15-12-7-9(16)4-5-11(12)14-18-13(19-20-14)8-2-1-3-10(17)6-8/h1-7H,17H2. The normalized spacial score (nSPS) is 10.7. The number of aromatic nitrogens is 2. The number of nitrogens with zero attached hydrogens (tertiary/aromatic N) is 2. The van der Waals surface area contributed by atoms with Gasteiger partial charge in [-0.3, -0.25) is 0 Å². The second-order valence-electron chi connectivity index (χ2n) is 4.17. The summed E-state index contributed by atoms with van der Waals surface area (Å²) in [5, 5.41) is 4.61. The summed E-state index contributed by atoms with van der Waals surface area (Å²) in [5.41, 5.74) is 8.00. The molecular weight excluding hydrogens is 342 g/mol. The largest absolute Gasteiger partial charge is 0.399 e. The molecule has 0 fully saturated rings. The van der Waals surface area contributed by atoms with Crippen molar-refractivity contribution < 1.29 is 4.52 Å². The molecule has 0 radical (unpaired) electrons. The third-order valence-corrected chi connectivity index (χ3v) is 3.62. The van der Waals surface area contributed by atoms with Crippen molar-refractivity contribution in [2.45, 2.75) is 0 Å². The van der Waals surface area contributed by atoms with Crippen LogP contribution >= 0.6 is 27.5 Å². The molecule has 3 aromatic rings. The monoisotopic (exact) mass is 349 g/mol. The molecule has 0 unspecified atom stereocenters. The van der Waals surface area contributed by atoms with Gasteiger partial charge in [0.25, 0.3) is 5.89 Å². The lowest BCUT2D eigenvalue weighted by molar-refractivity contribution is 0.432. The van der Waals surface area contributed by atoms with Crippen molar-refractivity contribution in [3.05, 3.63) is 52.0 Å². The van der Waals surface area contributed by atoms with Gasteiger partial charge in [-0.15, -0.1) is 0 Å². The lowest BCUT2D eigenvalue weighted by Crippen LogP contribution is -1.86. The lowest BCUT2D eigenvalue weighted by atomic mass is 10.2. The molecule has 3 rings (SSSR count). The van der Waals surface area contributed by atoms with E-state index >= 15 is 0 Å².